The quantitative estimate of drug-likeness (QED) is 0.525. The largest absolute Gasteiger partial charge is 0.437 e. The van der Waals surface area contributed by atoms with Crippen LogP contribution in [0, 0.1) is 5.92 Å². The van der Waals surface area contributed by atoms with Crippen LogP contribution in [0.5, 0.6) is 0 Å². The van der Waals surface area contributed by atoms with E-state index in [0.29, 0.717) is 31.7 Å². The van der Waals surface area contributed by atoms with Crippen molar-refractivity contribution in [1.82, 2.24) is 14.9 Å². The Hall–Kier alpha value is -3.11. The molecule has 5 rings (SSSR count). The first-order valence-electron chi connectivity index (χ1n) is 13.1. The molecule has 2 aromatic rings. The van der Waals surface area contributed by atoms with Crippen LogP contribution >= 0.6 is 0 Å². The van der Waals surface area contributed by atoms with E-state index in [2.05, 4.69) is 14.9 Å². The van der Waals surface area contributed by atoms with Crippen molar-refractivity contribution in [1.29, 1.82) is 0 Å². The number of nitrogens with zero attached hydrogens (tertiary/aromatic N) is 5. The van der Waals surface area contributed by atoms with Gasteiger partial charge in [0.15, 0.2) is 5.69 Å². The first-order chi connectivity index (χ1) is 17.8. The predicted octanol–water partition coefficient (Wildman–Crippen LogP) is 4.34. The lowest BCUT2D eigenvalue weighted by Crippen LogP contribution is -2.41. The van der Waals surface area contributed by atoms with Crippen molar-refractivity contribution < 1.29 is 27.2 Å². The normalized spacial score (nSPS) is 19.5. The Labute approximate surface area is 213 Å². The summed E-state index contributed by atoms with van der Waals surface area (Å²) in [5, 5.41) is 0. The lowest BCUT2D eigenvalue weighted by Gasteiger charge is -2.33. The number of rotatable bonds is 6. The molecule has 37 heavy (non-hydrogen) atoms. The number of piperidine rings is 2. The Morgan fingerprint density at radius 2 is 1.59 bits per heavy atom. The molecule has 8 nitrogen and oxygen atoms in total. The van der Waals surface area contributed by atoms with Crippen molar-refractivity contribution in [3.63, 3.8) is 0 Å². The highest BCUT2D eigenvalue weighted by atomic mass is 19.4. The number of likely N-dealkylation sites (tertiary alicyclic amines) is 1. The van der Waals surface area contributed by atoms with Crippen LogP contribution in [0.25, 0.3) is 0 Å². The number of carbonyl (C=O) groups is 2. The van der Waals surface area contributed by atoms with E-state index in [0.717, 1.165) is 63.9 Å². The molecule has 0 bridgehead atoms. The molecule has 0 unspecified atom stereocenters. The van der Waals surface area contributed by atoms with Crippen molar-refractivity contribution in [2.75, 3.05) is 49.1 Å². The average molecular weight is 520 g/mol. The fourth-order valence-electron chi connectivity index (χ4n) is 5.44. The zero-order valence-electron chi connectivity index (χ0n) is 20.8. The van der Waals surface area contributed by atoms with Crippen molar-refractivity contribution in [3.05, 3.63) is 35.3 Å². The first kappa shape index (κ1) is 25.5. The second-order valence-electron chi connectivity index (χ2n) is 10.1. The molecule has 2 aromatic heterocycles. The minimum absolute atomic E-state index is 0.0470. The minimum atomic E-state index is -4.78. The van der Waals surface area contributed by atoms with Crippen molar-refractivity contribution in [3.8, 4) is 0 Å². The number of Topliss-reactive ketones (excluding diaryl/α,β-unsaturated/α-hetero) is 1. The third kappa shape index (κ3) is 5.75. The molecule has 11 heteroatoms. The molecule has 3 saturated heterocycles. The smallest absolute Gasteiger partial charge is 0.420 e. The Morgan fingerprint density at radius 1 is 0.919 bits per heavy atom. The summed E-state index contributed by atoms with van der Waals surface area (Å²) in [5.41, 5.74) is -0.772. The summed E-state index contributed by atoms with van der Waals surface area (Å²) in [6.07, 6.45) is 2.86. The minimum Gasteiger partial charge on any atom is -0.420 e. The Kier molecular flexibility index (Phi) is 7.39. The van der Waals surface area contributed by atoms with E-state index in [1.54, 1.807) is 17.0 Å². The standard InChI is InChI=1S/C26H32F3N5O3/c27-26(28,29)23-22(37-25(31-23)34-12-2-1-3-13-34)20(35)16-18-6-7-21(30-17-18)32-14-8-19(9-15-32)24(36)33-10-4-5-11-33/h6-7,17,19H,1-5,8-16H2. The summed E-state index contributed by atoms with van der Waals surface area (Å²) in [5.74, 6) is -0.495. The van der Waals surface area contributed by atoms with Gasteiger partial charge in [0.25, 0.3) is 6.01 Å². The van der Waals surface area contributed by atoms with Gasteiger partial charge in [-0.3, -0.25) is 9.59 Å². The molecule has 3 aliphatic rings. The van der Waals surface area contributed by atoms with Crippen LogP contribution in [0.4, 0.5) is 25.0 Å². The van der Waals surface area contributed by atoms with Gasteiger partial charge in [0, 0.05) is 57.8 Å². The SMILES string of the molecule is O=C(Cc1ccc(N2CCC(C(=O)N3CCCC3)CC2)nc1)c1oc(N2CCCCC2)nc1C(F)(F)F. The fourth-order valence-corrected chi connectivity index (χ4v) is 5.44. The highest BCUT2D eigenvalue weighted by Gasteiger charge is 2.42. The van der Waals surface area contributed by atoms with Gasteiger partial charge in [0.05, 0.1) is 0 Å². The van der Waals surface area contributed by atoms with Gasteiger partial charge >= 0.3 is 6.18 Å². The van der Waals surface area contributed by atoms with Gasteiger partial charge < -0.3 is 19.1 Å². The highest BCUT2D eigenvalue weighted by Crippen LogP contribution is 2.35. The van der Waals surface area contributed by atoms with Crippen LogP contribution in [0.1, 0.15) is 66.8 Å². The number of alkyl halides is 3. The number of anilines is 2. The summed E-state index contributed by atoms with van der Waals surface area (Å²) in [6.45, 7) is 4.25. The average Bonchev–Trinajstić information content (AvgIpc) is 3.60. The first-order valence-corrected chi connectivity index (χ1v) is 13.1. The molecule has 1 amide bonds. The lowest BCUT2D eigenvalue weighted by molar-refractivity contribution is -0.141. The number of halogens is 3. The van der Waals surface area contributed by atoms with Crippen LogP contribution in [-0.4, -0.2) is 65.8 Å². The molecule has 200 valence electrons. The number of amides is 1. The maximum absolute atomic E-state index is 13.6. The second kappa shape index (κ2) is 10.7. The third-order valence-corrected chi connectivity index (χ3v) is 7.52. The molecule has 5 heterocycles. The van der Waals surface area contributed by atoms with E-state index in [-0.39, 0.29) is 24.3 Å². The van der Waals surface area contributed by atoms with Gasteiger partial charge in [-0.1, -0.05) is 6.07 Å². The monoisotopic (exact) mass is 519 g/mol. The third-order valence-electron chi connectivity index (χ3n) is 7.52. The van der Waals surface area contributed by atoms with Crippen LogP contribution < -0.4 is 9.80 Å². The van der Waals surface area contributed by atoms with Crippen LogP contribution in [0.15, 0.2) is 22.7 Å². The molecule has 0 aliphatic carbocycles. The molecule has 3 fully saturated rings. The van der Waals surface area contributed by atoms with E-state index in [4.69, 9.17) is 4.42 Å². The van der Waals surface area contributed by atoms with Gasteiger partial charge in [0.1, 0.15) is 5.82 Å². The summed E-state index contributed by atoms with van der Waals surface area (Å²) in [4.78, 5) is 39.3. The lowest BCUT2D eigenvalue weighted by atomic mass is 9.95. The number of hydrogen-bond acceptors (Lipinski definition) is 7. The summed E-state index contributed by atoms with van der Waals surface area (Å²) < 4.78 is 46.2. The van der Waals surface area contributed by atoms with Gasteiger partial charge in [0.2, 0.25) is 17.5 Å². The summed E-state index contributed by atoms with van der Waals surface area (Å²) in [6, 6.07) is 3.34. The molecular weight excluding hydrogens is 487 g/mol. The fraction of sp³-hybridized carbons (Fsp3) is 0.615. The van der Waals surface area contributed by atoms with Crippen molar-refractivity contribution in [2.45, 2.75) is 57.5 Å². The molecule has 0 atom stereocenters. The van der Waals surface area contributed by atoms with E-state index >= 15 is 0 Å². The van der Waals surface area contributed by atoms with Gasteiger partial charge in [-0.2, -0.15) is 18.2 Å². The van der Waals surface area contributed by atoms with Gasteiger partial charge in [-0.05, 0) is 56.6 Å². The number of aromatic nitrogens is 2. The summed E-state index contributed by atoms with van der Waals surface area (Å²) >= 11 is 0. The number of ketones is 1. The molecule has 0 spiro atoms. The Balaban J connectivity index is 1.21. The zero-order valence-corrected chi connectivity index (χ0v) is 20.8. The van der Waals surface area contributed by atoms with Crippen LogP contribution in [0.2, 0.25) is 0 Å². The van der Waals surface area contributed by atoms with Crippen molar-refractivity contribution in [2.24, 2.45) is 5.92 Å². The Morgan fingerprint density at radius 3 is 2.22 bits per heavy atom. The van der Waals surface area contributed by atoms with Crippen LogP contribution in [0.3, 0.4) is 0 Å². The van der Waals surface area contributed by atoms with E-state index in [1.807, 2.05) is 4.90 Å². The van der Waals surface area contributed by atoms with E-state index in [9.17, 15) is 22.8 Å². The topological polar surface area (TPSA) is 82.8 Å². The molecule has 0 N–H and O–H groups in total. The molecule has 3 aliphatic heterocycles. The number of carbonyl (C=O) groups excluding carboxylic acids is 2. The molecule has 0 aromatic carbocycles. The van der Waals surface area contributed by atoms with Gasteiger partial charge in [-0.15, -0.1) is 0 Å². The van der Waals surface area contributed by atoms with E-state index < -0.39 is 23.4 Å². The Bertz CT molecular complexity index is 1100. The van der Waals surface area contributed by atoms with Crippen molar-refractivity contribution >= 4 is 23.5 Å². The maximum Gasteiger partial charge on any atom is 0.437 e. The maximum atomic E-state index is 13.6. The zero-order chi connectivity index (χ0) is 26.0. The van der Waals surface area contributed by atoms with E-state index in [1.165, 1.54) is 6.20 Å². The number of oxazole rings is 1. The van der Waals surface area contributed by atoms with Crippen LogP contribution in [-0.2, 0) is 17.4 Å². The van der Waals surface area contributed by atoms with Gasteiger partial charge in [-0.25, -0.2) is 4.98 Å². The highest BCUT2D eigenvalue weighted by molar-refractivity contribution is 5.96. The molecule has 0 radical (unpaired) electrons. The number of pyridine rings is 1. The summed E-state index contributed by atoms with van der Waals surface area (Å²) in [7, 11) is 0. The number of hydrogen-bond donors (Lipinski definition) is 0. The predicted molar refractivity (Wildman–Crippen MR) is 131 cm³/mol. The second-order valence-corrected chi connectivity index (χ2v) is 10.1. The molecular formula is C26H32F3N5O3. The molecule has 0 saturated carbocycles.